The molecule has 1 heterocycles. The fourth-order valence-corrected chi connectivity index (χ4v) is 1.79. The zero-order valence-electron chi connectivity index (χ0n) is 10.1. The van der Waals surface area contributed by atoms with Gasteiger partial charge >= 0.3 is 6.01 Å². The highest BCUT2D eigenvalue weighted by Crippen LogP contribution is 2.42. The van der Waals surface area contributed by atoms with Gasteiger partial charge in [0.1, 0.15) is 5.60 Å². The molecular formula is C11H19N3O2. The summed E-state index contributed by atoms with van der Waals surface area (Å²) in [6.45, 7) is 5.10. The standard InChI is InChI=1S/C11H19N3O2/c1-8(2)7-12-10-13-9(14-16-10)11(15-3)5-4-6-11/h8H,4-7H2,1-3H3,(H,12,13,14). The van der Waals surface area contributed by atoms with E-state index in [1.807, 2.05) is 0 Å². The van der Waals surface area contributed by atoms with E-state index in [0.29, 0.717) is 17.8 Å². The number of hydrogen-bond donors (Lipinski definition) is 1. The quantitative estimate of drug-likeness (QED) is 0.832. The van der Waals surface area contributed by atoms with E-state index >= 15 is 0 Å². The molecule has 1 aromatic rings. The van der Waals surface area contributed by atoms with Crippen molar-refractivity contribution in [3.63, 3.8) is 0 Å². The maximum absolute atomic E-state index is 5.49. The Hall–Kier alpha value is -1.10. The summed E-state index contributed by atoms with van der Waals surface area (Å²) < 4.78 is 10.6. The van der Waals surface area contributed by atoms with Gasteiger partial charge in [-0.3, -0.25) is 0 Å². The summed E-state index contributed by atoms with van der Waals surface area (Å²) in [6.07, 6.45) is 3.12. The van der Waals surface area contributed by atoms with Gasteiger partial charge < -0.3 is 14.6 Å². The maximum atomic E-state index is 5.49. The van der Waals surface area contributed by atoms with Crippen LogP contribution in [-0.4, -0.2) is 23.8 Å². The molecule has 0 saturated heterocycles. The van der Waals surface area contributed by atoms with Crippen molar-refractivity contribution in [2.24, 2.45) is 5.92 Å². The Morgan fingerprint density at radius 3 is 2.75 bits per heavy atom. The fourth-order valence-electron chi connectivity index (χ4n) is 1.79. The Morgan fingerprint density at radius 1 is 1.50 bits per heavy atom. The Labute approximate surface area is 95.6 Å². The first-order valence-electron chi connectivity index (χ1n) is 5.79. The molecule has 5 heteroatoms. The Kier molecular flexibility index (Phi) is 3.14. The van der Waals surface area contributed by atoms with Gasteiger partial charge in [0.25, 0.3) is 0 Å². The Bertz CT molecular complexity index is 339. The summed E-state index contributed by atoms with van der Waals surface area (Å²) >= 11 is 0. The highest BCUT2D eigenvalue weighted by atomic mass is 16.5. The smallest absolute Gasteiger partial charge is 0.321 e. The number of nitrogens with one attached hydrogen (secondary N) is 1. The summed E-state index contributed by atoms with van der Waals surface area (Å²) in [6, 6.07) is 0.493. The summed E-state index contributed by atoms with van der Waals surface area (Å²) in [5, 5.41) is 7.10. The van der Waals surface area contributed by atoms with Crippen LogP contribution >= 0.6 is 0 Å². The minimum atomic E-state index is -0.290. The third-order valence-electron chi connectivity index (χ3n) is 3.05. The predicted molar refractivity (Wildman–Crippen MR) is 60.2 cm³/mol. The first-order chi connectivity index (χ1) is 7.66. The molecule has 0 bridgehead atoms. The summed E-state index contributed by atoms with van der Waals surface area (Å²) in [5.41, 5.74) is -0.290. The van der Waals surface area contributed by atoms with Gasteiger partial charge in [-0.05, 0) is 25.2 Å². The molecule has 0 aromatic carbocycles. The molecule has 0 unspecified atom stereocenters. The third-order valence-corrected chi connectivity index (χ3v) is 3.05. The van der Waals surface area contributed by atoms with Crippen LogP contribution in [0.15, 0.2) is 4.52 Å². The number of methoxy groups -OCH3 is 1. The molecule has 1 aromatic heterocycles. The van der Waals surface area contributed by atoms with E-state index in [2.05, 4.69) is 29.3 Å². The molecule has 0 spiro atoms. The molecule has 0 amide bonds. The molecule has 0 atom stereocenters. The van der Waals surface area contributed by atoms with Crippen molar-refractivity contribution in [3.05, 3.63) is 5.82 Å². The normalized spacial score (nSPS) is 18.5. The molecular weight excluding hydrogens is 206 g/mol. The van der Waals surface area contributed by atoms with E-state index in [9.17, 15) is 0 Å². The van der Waals surface area contributed by atoms with E-state index < -0.39 is 0 Å². The van der Waals surface area contributed by atoms with E-state index in [1.165, 1.54) is 0 Å². The second kappa shape index (κ2) is 4.41. The van der Waals surface area contributed by atoms with Crippen LogP contribution in [0.4, 0.5) is 6.01 Å². The molecule has 16 heavy (non-hydrogen) atoms. The molecule has 1 fully saturated rings. The lowest BCUT2D eigenvalue weighted by molar-refractivity contribution is -0.0858. The zero-order chi connectivity index (χ0) is 11.6. The highest BCUT2D eigenvalue weighted by Gasteiger charge is 2.43. The second-order valence-corrected chi connectivity index (χ2v) is 4.75. The SMILES string of the molecule is COC1(c2noc(NCC(C)C)n2)CCC1. The number of anilines is 1. The van der Waals surface area contributed by atoms with Crippen LogP contribution in [-0.2, 0) is 10.3 Å². The van der Waals surface area contributed by atoms with Crippen LogP contribution in [0.2, 0.25) is 0 Å². The van der Waals surface area contributed by atoms with Crippen LogP contribution in [0.25, 0.3) is 0 Å². The molecule has 5 nitrogen and oxygen atoms in total. The third kappa shape index (κ3) is 2.04. The molecule has 2 rings (SSSR count). The van der Waals surface area contributed by atoms with Gasteiger partial charge in [0.15, 0.2) is 0 Å². The van der Waals surface area contributed by atoms with Crippen LogP contribution in [0, 0.1) is 5.92 Å². The Morgan fingerprint density at radius 2 is 2.25 bits per heavy atom. The van der Waals surface area contributed by atoms with Gasteiger partial charge in [-0.25, -0.2) is 0 Å². The van der Waals surface area contributed by atoms with Gasteiger partial charge in [-0.1, -0.05) is 19.0 Å². The van der Waals surface area contributed by atoms with Crippen molar-refractivity contribution < 1.29 is 9.26 Å². The van der Waals surface area contributed by atoms with Crippen molar-refractivity contribution in [1.29, 1.82) is 0 Å². The molecule has 0 aliphatic heterocycles. The largest absolute Gasteiger partial charge is 0.370 e. The van der Waals surface area contributed by atoms with E-state index in [4.69, 9.17) is 9.26 Å². The maximum Gasteiger partial charge on any atom is 0.321 e. The molecule has 0 radical (unpaired) electrons. The highest BCUT2D eigenvalue weighted by molar-refractivity contribution is 5.21. The van der Waals surface area contributed by atoms with Crippen LogP contribution in [0.1, 0.15) is 38.9 Å². The van der Waals surface area contributed by atoms with Crippen molar-refractivity contribution >= 4 is 6.01 Å². The number of hydrogen-bond acceptors (Lipinski definition) is 5. The van der Waals surface area contributed by atoms with E-state index in [1.54, 1.807) is 7.11 Å². The predicted octanol–water partition coefficient (Wildman–Crippen LogP) is 2.16. The minimum Gasteiger partial charge on any atom is -0.370 e. The molecule has 1 aliphatic rings. The molecule has 1 N–H and O–H groups in total. The fraction of sp³-hybridized carbons (Fsp3) is 0.818. The average Bonchev–Trinajstić information content (AvgIpc) is 2.63. The number of rotatable bonds is 5. The number of nitrogens with zero attached hydrogens (tertiary/aromatic N) is 2. The number of aromatic nitrogens is 2. The first-order valence-corrected chi connectivity index (χ1v) is 5.79. The topological polar surface area (TPSA) is 60.2 Å². The number of ether oxygens (including phenoxy) is 1. The van der Waals surface area contributed by atoms with E-state index in [0.717, 1.165) is 25.8 Å². The summed E-state index contributed by atoms with van der Waals surface area (Å²) in [5.74, 6) is 1.22. The van der Waals surface area contributed by atoms with Crippen molar-refractivity contribution in [3.8, 4) is 0 Å². The van der Waals surface area contributed by atoms with Crippen LogP contribution in [0.5, 0.6) is 0 Å². The molecule has 1 aliphatic carbocycles. The lowest BCUT2D eigenvalue weighted by atomic mass is 9.79. The zero-order valence-corrected chi connectivity index (χ0v) is 10.1. The lowest BCUT2D eigenvalue weighted by Gasteiger charge is -2.37. The lowest BCUT2D eigenvalue weighted by Crippen LogP contribution is -2.37. The van der Waals surface area contributed by atoms with Gasteiger partial charge in [0.2, 0.25) is 5.82 Å². The van der Waals surface area contributed by atoms with E-state index in [-0.39, 0.29) is 5.60 Å². The van der Waals surface area contributed by atoms with Crippen molar-refractivity contribution in [2.45, 2.75) is 38.7 Å². The van der Waals surface area contributed by atoms with Gasteiger partial charge in [0, 0.05) is 13.7 Å². The van der Waals surface area contributed by atoms with Gasteiger partial charge in [0.05, 0.1) is 0 Å². The van der Waals surface area contributed by atoms with Gasteiger partial charge in [-0.15, -0.1) is 0 Å². The van der Waals surface area contributed by atoms with Crippen LogP contribution in [0.3, 0.4) is 0 Å². The minimum absolute atomic E-state index is 0.290. The molecule has 90 valence electrons. The monoisotopic (exact) mass is 225 g/mol. The first kappa shape index (κ1) is 11.4. The van der Waals surface area contributed by atoms with Gasteiger partial charge in [-0.2, -0.15) is 4.98 Å². The molecule has 1 saturated carbocycles. The van der Waals surface area contributed by atoms with Crippen molar-refractivity contribution in [1.82, 2.24) is 10.1 Å². The average molecular weight is 225 g/mol. The van der Waals surface area contributed by atoms with Crippen LogP contribution < -0.4 is 5.32 Å². The second-order valence-electron chi connectivity index (χ2n) is 4.75. The Balaban J connectivity index is 2.01. The van der Waals surface area contributed by atoms with Crippen molar-refractivity contribution in [2.75, 3.05) is 19.0 Å². The summed E-state index contributed by atoms with van der Waals surface area (Å²) in [4.78, 5) is 4.33. The summed E-state index contributed by atoms with van der Waals surface area (Å²) in [7, 11) is 1.71.